The number of benzene rings is 1. The Bertz CT molecular complexity index is 645. The van der Waals surface area contributed by atoms with Gasteiger partial charge in [0.05, 0.1) is 11.7 Å². The lowest BCUT2D eigenvalue weighted by Crippen LogP contribution is -2.47. The first-order valence-electron chi connectivity index (χ1n) is 8.55. The van der Waals surface area contributed by atoms with Crippen LogP contribution in [0, 0.1) is 0 Å². The van der Waals surface area contributed by atoms with Crippen molar-refractivity contribution in [2.45, 2.75) is 31.3 Å². The van der Waals surface area contributed by atoms with Crippen molar-refractivity contribution in [3.05, 3.63) is 41.6 Å². The van der Waals surface area contributed by atoms with Crippen LogP contribution >= 0.6 is 11.6 Å². The van der Waals surface area contributed by atoms with E-state index in [1.54, 1.807) is 0 Å². The van der Waals surface area contributed by atoms with Crippen molar-refractivity contribution in [1.82, 2.24) is 20.0 Å². The Labute approximate surface area is 142 Å². The lowest BCUT2D eigenvalue weighted by molar-refractivity contribution is 0.171. The van der Waals surface area contributed by atoms with E-state index >= 15 is 0 Å². The first kappa shape index (κ1) is 15.2. The lowest BCUT2D eigenvalue weighted by Gasteiger charge is -2.32. The van der Waals surface area contributed by atoms with Crippen molar-refractivity contribution in [2.75, 3.05) is 26.2 Å². The summed E-state index contributed by atoms with van der Waals surface area (Å²) < 4.78 is 2.17. The minimum Gasteiger partial charge on any atom is -0.314 e. The fourth-order valence-corrected chi connectivity index (χ4v) is 4.00. The molecule has 1 saturated carbocycles. The summed E-state index contributed by atoms with van der Waals surface area (Å²) >= 11 is 5.96. The van der Waals surface area contributed by atoms with E-state index < -0.39 is 0 Å². The minimum absolute atomic E-state index is 0.538. The quantitative estimate of drug-likeness (QED) is 0.938. The van der Waals surface area contributed by atoms with Gasteiger partial charge in [0, 0.05) is 49.0 Å². The third-order valence-corrected chi connectivity index (χ3v) is 5.42. The van der Waals surface area contributed by atoms with Gasteiger partial charge < -0.3 is 5.32 Å². The Morgan fingerprint density at radius 2 is 1.74 bits per heavy atom. The molecule has 0 unspecified atom stereocenters. The number of halogens is 1. The summed E-state index contributed by atoms with van der Waals surface area (Å²) in [5, 5.41) is 9.02. The Hall–Kier alpha value is -1.36. The summed E-state index contributed by atoms with van der Waals surface area (Å²) in [6, 6.07) is 11.3. The fraction of sp³-hybridized carbons (Fsp3) is 0.500. The molecular weight excluding hydrogens is 308 g/mol. The average molecular weight is 331 g/mol. The molecule has 1 N–H and O–H groups in total. The van der Waals surface area contributed by atoms with Crippen LogP contribution in [0.3, 0.4) is 0 Å². The fourth-order valence-electron chi connectivity index (χ4n) is 3.87. The van der Waals surface area contributed by atoms with Gasteiger partial charge in [-0.25, -0.2) is 0 Å². The molecule has 2 aromatic rings. The maximum Gasteiger partial charge on any atom is 0.0923 e. The third-order valence-electron chi connectivity index (χ3n) is 5.17. The molecule has 122 valence electrons. The van der Waals surface area contributed by atoms with Gasteiger partial charge in [-0.15, -0.1) is 0 Å². The van der Waals surface area contributed by atoms with E-state index in [0.717, 1.165) is 35.4 Å². The standard InChI is InChI=1S/C18H23ClN4/c19-15-3-1-14(2-4-15)18-7-10-23(21-18)17-6-5-16(13-17)22-11-8-20-9-12-22/h1-4,7,10,16-17,20H,5-6,8-9,11-13H2/t16-,17+/m0/s1. The number of aromatic nitrogens is 2. The van der Waals surface area contributed by atoms with E-state index in [-0.39, 0.29) is 0 Å². The Kier molecular flexibility index (Phi) is 4.38. The molecule has 2 aliphatic rings. The number of piperazine rings is 1. The Morgan fingerprint density at radius 3 is 2.52 bits per heavy atom. The SMILES string of the molecule is Clc1ccc(-c2ccn([C@@H]3CC[C@H](N4CCNCC4)C3)n2)cc1. The topological polar surface area (TPSA) is 33.1 Å². The van der Waals surface area contributed by atoms with Crippen LogP contribution in [-0.4, -0.2) is 46.9 Å². The molecule has 1 aromatic heterocycles. The van der Waals surface area contributed by atoms with Crippen LogP contribution in [0.25, 0.3) is 11.3 Å². The van der Waals surface area contributed by atoms with Gasteiger partial charge in [-0.3, -0.25) is 9.58 Å². The highest BCUT2D eigenvalue weighted by Gasteiger charge is 2.31. The second-order valence-corrected chi connectivity index (χ2v) is 7.03. The van der Waals surface area contributed by atoms with Crippen LogP contribution in [0.1, 0.15) is 25.3 Å². The molecule has 1 aliphatic carbocycles. The summed E-state index contributed by atoms with van der Waals surface area (Å²) in [6.07, 6.45) is 5.88. The molecule has 1 aromatic carbocycles. The number of nitrogens with one attached hydrogen (secondary N) is 1. The molecule has 1 aliphatic heterocycles. The molecule has 2 fully saturated rings. The monoisotopic (exact) mass is 330 g/mol. The van der Waals surface area contributed by atoms with Gasteiger partial charge in [0.1, 0.15) is 0 Å². The van der Waals surface area contributed by atoms with Gasteiger partial charge in [-0.1, -0.05) is 23.7 Å². The van der Waals surface area contributed by atoms with E-state index in [1.165, 1.54) is 32.4 Å². The van der Waals surface area contributed by atoms with Crippen molar-refractivity contribution in [2.24, 2.45) is 0 Å². The number of hydrogen-bond acceptors (Lipinski definition) is 3. The van der Waals surface area contributed by atoms with E-state index in [9.17, 15) is 0 Å². The second kappa shape index (κ2) is 6.63. The largest absolute Gasteiger partial charge is 0.314 e. The minimum atomic E-state index is 0.538. The first-order valence-corrected chi connectivity index (χ1v) is 8.93. The molecule has 1 saturated heterocycles. The molecule has 0 amide bonds. The summed E-state index contributed by atoms with van der Waals surface area (Å²) in [5.74, 6) is 0. The summed E-state index contributed by atoms with van der Waals surface area (Å²) in [5.41, 5.74) is 2.16. The van der Waals surface area contributed by atoms with Crippen LogP contribution in [0.4, 0.5) is 0 Å². The van der Waals surface area contributed by atoms with Gasteiger partial charge in [-0.2, -0.15) is 5.10 Å². The molecule has 2 atom stereocenters. The van der Waals surface area contributed by atoms with Crippen molar-refractivity contribution < 1.29 is 0 Å². The van der Waals surface area contributed by atoms with E-state index in [4.69, 9.17) is 16.7 Å². The zero-order chi connectivity index (χ0) is 15.6. The predicted octanol–water partition coefficient (Wildman–Crippen LogP) is 3.20. The van der Waals surface area contributed by atoms with Crippen molar-refractivity contribution in [3.8, 4) is 11.3 Å². The van der Waals surface area contributed by atoms with Crippen LogP contribution in [-0.2, 0) is 0 Å². The zero-order valence-corrected chi connectivity index (χ0v) is 14.0. The molecule has 2 heterocycles. The molecule has 0 radical (unpaired) electrons. The highest BCUT2D eigenvalue weighted by molar-refractivity contribution is 6.30. The average Bonchev–Trinajstić information content (AvgIpc) is 3.26. The molecule has 0 spiro atoms. The highest BCUT2D eigenvalue weighted by Crippen LogP contribution is 2.33. The predicted molar refractivity (Wildman–Crippen MR) is 93.8 cm³/mol. The number of hydrogen-bond donors (Lipinski definition) is 1. The van der Waals surface area contributed by atoms with Gasteiger partial charge in [0.15, 0.2) is 0 Å². The number of rotatable bonds is 3. The lowest BCUT2D eigenvalue weighted by atomic mass is 10.2. The third kappa shape index (κ3) is 3.30. The highest BCUT2D eigenvalue weighted by atomic mass is 35.5. The van der Waals surface area contributed by atoms with Crippen LogP contribution in [0.5, 0.6) is 0 Å². The van der Waals surface area contributed by atoms with Gasteiger partial charge in [0.2, 0.25) is 0 Å². The van der Waals surface area contributed by atoms with Gasteiger partial charge in [-0.05, 0) is 37.5 Å². The molecule has 4 nitrogen and oxygen atoms in total. The first-order chi connectivity index (χ1) is 11.3. The van der Waals surface area contributed by atoms with Gasteiger partial charge >= 0.3 is 0 Å². The molecule has 4 rings (SSSR count). The smallest absolute Gasteiger partial charge is 0.0923 e. The van der Waals surface area contributed by atoms with E-state index in [1.807, 2.05) is 24.3 Å². The molecular formula is C18H23ClN4. The summed E-state index contributed by atoms with van der Waals surface area (Å²) in [7, 11) is 0. The van der Waals surface area contributed by atoms with E-state index in [2.05, 4.69) is 27.2 Å². The van der Waals surface area contributed by atoms with Crippen molar-refractivity contribution in [3.63, 3.8) is 0 Å². The Morgan fingerprint density at radius 1 is 1.00 bits per heavy atom. The molecule has 23 heavy (non-hydrogen) atoms. The summed E-state index contributed by atoms with van der Waals surface area (Å²) in [6.45, 7) is 4.63. The maximum absolute atomic E-state index is 5.96. The van der Waals surface area contributed by atoms with Crippen LogP contribution in [0.2, 0.25) is 5.02 Å². The van der Waals surface area contributed by atoms with Crippen molar-refractivity contribution in [1.29, 1.82) is 0 Å². The second-order valence-electron chi connectivity index (χ2n) is 6.59. The summed E-state index contributed by atoms with van der Waals surface area (Å²) in [4.78, 5) is 2.65. The van der Waals surface area contributed by atoms with Crippen molar-refractivity contribution >= 4 is 11.6 Å². The number of nitrogens with zero attached hydrogens (tertiary/aromatic N) is 3. The van der Waals surface area contributed by atoms with Crippen LogP contribution in [0.15, 0.2) is 36.5 Å². The molecule has 0 bridgehead atoms. The van der Waals surface area contributed by atoms with E-state index in [0.29, 0.717) is 6.04 Å². The zero-order valence-electron chi connectivity index (χ0n) is 13.3. The normalized spacial score (nSPS) is 25.8. The molecule has 5 heteroatoms. The van der Waals surface area contributed by atoms with Gasteiger partial charge in [0.25, 0.3) is 0 Å². The maximum atomic E-state index is 5.96. The van der Waals surface area contributed by atoms with Crippen LogP contribution < -0.4 is 5.32 Å². The Balaban J connectivity index is 1.44.